The van der Waals surface area contributed by atoms with Gasteiger partial charge in [-0.05, 0) is 55.3 Å². The maximum Gasteiger partial charge on any atom is 0.255 e. The molecule has 1 saturated carbocycles. The van der Waals surface area contributed by atoms with E-state index in [9.17, 15) is 4.79 Å². The first-order valence-corrected chi connectivity index (χ1v) is 11.9. The number of nitrogens with zero attached hydrogens (tertiary/aromatic N) is 2. The molecule has 2 aromatic carbocycles. The fraction of sp³-hybridized carbons (Fsp3) is 0.250. The summed E-state index contributed by atoms with van der Waals surface area (Å²) in [7, 11) is 1.65. The third-order valence-corrected chi connectivity index (χ3v) is 6.19. The molecule has 0 bridgehead atoms. The zero-order chi connectivity index (χ0) is 25.3. The summed E-state index contributed by atoms with van der Waals surface area (Å²) in [5, 5.41) is 3.13. The molecule has 8 heteroatoms. The Hall–Kier alpha value is -4.33. The van der Waals surface area contributed by atoms with Crippen LogP contribution >= 0.6 is 0 Å². The number of anilines is 1. The van der Waals surface area contributed by atoms with Crippen LogP contribution in [0.4, 0.5) is 5.82 Å². The fourth-order valence-electron chi connectivity index (χ4n) is 4.27. The molecular formula is C28H31N5O3. The van der Waals surface area contributed by atoms with Crippen molar-refractivity contribution in [3.63, 3.8) is 0 Å². The summed E-state index contributed by atoms with van der Waals surface area (Å²) in [6.45, 7) is 0.505. The summed E-state index contributed by atoms with van der Waals surface area (Å²) >= 11 is 0. The molecule has 1 aromatic heterocycles. The highest BCUT2D eigenvalue weighted by Crippen LogP contribution is 2.29. The van der Waals surface area contributed by atoms with Crippen molar-refractivity contribution >= 4 is 23.5 Å². The first-order valence-electron chi connectivity index (χ1n) is 11.9. The summed E-state index contributed by atoms with van der Waals surface area (Å²) in [4.78, 5) is 21.2. The van der Waals surface area contributed by atoms with E-state index in [1.165, 1.54) is 6.20 Å². The van der Waals surface area contributed by atoms with Gasteiger partial charge in [-0.1, -0.05) is 24.6 Å². The molecule has 36 heavy (non-hydrogen) atoms. The van der Waals surface area contributed by atoms with Crippen molar-refractivity contribution in [1.82, 2.24) is 10.3 Å². The zero-order valence-electron chi connectivity index (χ0n) is 20.3. The van der Waals surface area contributed by atoms with Crippen LogP contribution < -0.4 is 26.3 Å². The second-order valence-electron chi connectivity index (χ2n) is 8.63. The van der Waals surface area contributed by atoms with Gasteiger partial charge in [0.15, 0.2) is 0 Å². The second-order valence-corrected chi connectivity index (χ2v) is 8.63. The van der Waals surface area contributed by atoms with E-state index in [2.05, 4.69) is 15.3 Å². The maximum absolute atomic E-state index is 13.1. The smallest absolute Gasteiger partial charge is 0.255 e. The van der Waals surface area contributed by atoms with Crippen LogP contribution in [0.2, 0.25) is 0 Å². The molecule has 1 fully saturated rings. The second kappa shape index (κ2) is 11.9. The number of allylic oxidation sites excluding steroid dienone is 1. The van der Waals surface area contributed by atoms with Crippen molar-refractivity contribution < 1.29 is 14.3 Å². The number of rotatable bonds is 9. The normalized spacial score (nSPS) is 17.8. The number of pyridine rings is 1. The lowest BCUT2D eigenvalue weighted by molar-refractivity contribution is 0.0919. The Morgan fingerprint density at radius 3 is 2.56 bits per heavy atom. The van der Waals surface area contributed by atoms with Gasteiger partial charge in [0.2, 0.25) is 0 Å². The average molecular weight is 486 g/mol. The molecule has 1 aliphatic carbocycles. The Morgan fingerprint density at radius 2 is 1.83 bits per heavy atom. The lowest BCUT2D eigenvalue weighted by atomic mass is 10.0. The summed E-state index contributed by atoms with van der Waals surface area (Å²) in [5.41, 5.74) is 13.4. The van der Waals surface area contributed by atoms with Gasteiger partial charge in [-0.2, -0.15) is 0 Å². The molecule has 0 saturated heterocycles. The third-order valence-electron chi connectivity index (χ3n) is 6.19. The number of carbonyl (C=O) groups is 1. The number of ether oxygens (including phenoxy) is 2. The van der Waals surface area contributed by atoms with Gasteiger partial charge in [0, 0.05) is 48.8 Å². The Balaban J connectivity index is 1.35. The number of nitrogen functional groups attached to an aromatic ring is 1. The molecule has 0 aliphatic heterocycles. The molecule has 2 atom stereocenters. The largest absolute Gasteiger partial charge is 0.493 e. The predicted molar refractivity (Wildman–Crippen MR) is 142 cm³/mol. The fourth-order valence-corrected chi connectivity index (χ4v) is 4.27. The Bertz CT molecular complexity index is 1230. The summed E-state index contributed by atoms with van der Waals surface area (Å²) in [6.07, 6.45) is 7.48. The van der Waals surface area contributed by atoms with Gasteiger partial charge in [-0.15, -0.1) is 0 Å². The molecule has 1 heterocycles. The Kier molecular flexibility index (Phi) is 8.18. The van der Waals surface area contributed by atoms with Gasteiger partial charge in [0.1, 0.15) is 23.1 Å². The topological polar surface area (TPSA) is 125 Å². The summed E-state index contributed by atoms with van der Waals surface area (Å²) in [5.74, 6) is 2.39. The van der Waals surface area contributed by atoms with E-state index in [-0.39, 0.29) is 23.7 Å². The molecule has 0 unspecified atom stereocenters. The lowest BCUT2D eigenvalue weighted by Gasteiger charge is -2.22. The van der Waals surface area contributed by atoms with Crippen LogP contribution in [0.1, 0.15) is 35.2 Å². The third kappa shape index (κ3) is 6.21. The zero-order valence-corrected chi connectivity index (χ0v) is 20.3. The minimum atomic E-state index is -0.258. The van der Waals surface area contributed by atoms with E-state index < -0.39 is 0 Å². The molecule has 3 aromatic rings. The van der Waals surface area contributed by atoms with E-state index in [1.807, 2.05) is 54.6 Å². The quantitative estimate of drug-likeness (QED) is 0.385. The van der Waals surface area contributed by atoms with E-state index in [0.29, 0.717) is 23.3 Å². The summed E-state index contributed by atoms with van der Waals surface area (Å²) < 4.78 is 11.9. The molecule has 186 valence electrons. The van der Waals surface area contributed by atoms with E-state index in [4.69, 9.17) is 20.9 Å². The molecule has 8 nitrogen and oxygen atoms in total. The molecule has 0 radical (unpaired) electrons. The number of hydrogen-bond donors (Lipinski definition) is 3. The van der Waals surface area contributed by atoms with Crippen LogP contribution in [0, 0.1) is 5.92 Å². The highest BCUT2D eigenvalue weighted by atomic mass is 16.5. The van der Waals surface area contributed by atoms with Crippen LogP contribution in [0.5, 0.6) is 17.2 Å². The minimum Gasteiger partial charge on any atom is -0.493 e. The van der Waals surface area contributed by atoms with Gasteiger partial charge in [-0.25, -0.2) is 4.98 Å². The van der Waals surface area contributed by atoms with E-state index in [1.54, 1.807) is 25.5 Å². The van der Waals surface area contributed by atoms with Crippen LogP contribution in [0.3, 0.4) is 0 Å². The number of nitrogens with one attached hydrogen (secondary N) is 1. The van der Waals surface area contributed by atoms with Crippen molar-refractivity contribution in [1.29, 1.82) is 0 Å². The first-order chi connectivity index (χ1) is 17.6. The van der Waals surface area contributed by atoms with Crippen molar-refractivity contribution in [3.8, 4) is 17.2 Å². The lowest BCUT2D eigenvalue weighted by Crippen LogP contribution is -2.39. The molecule has 4 rings (SSSR count). The number of amides is 1. The molecule has 0 spiro atoms. The van der Waals surface area contributed by atoms with Gasteiger partial charge < -0.3 is 26.3 Å². The van der Waals surface area contributed by atoms with Crippen LogP contribution in [0.25, 0.3) is 5.57 Å². The number of aliphatic imine (C=N–C) groups is 1. The van der Waals surface area contributed by atoms with Gasteiger partial charge in [0.05, 0.1) is 12.2 Å². The van der Waals surface area contributed by atoms with Crippen molar-refractivity contribution in [2.45, 2.75) is 25.3 Å². The minimum absolute atomic E-state index is 0.0111. The van der Waals surface area contributed by atoms with E-state index in [0.717, 1.165) is 36.5 Å². The molecule has 1 amide bonds. The van der Waals surface area contributed by atoms with Crippen molar-refractivity contribution in [2.75, 3.05) is 19.4 Å². The number of hydrogen-bond acceptors (Lipinski definition) is 7. The van der Waals surface area contributed by atoms with Crippen LogP contribution in [-0.4, -0.2) is 36.8 Å². The number of nitrogens with two attached hydrogens (primary N) is 2. The average Bonchev–Trinajstić information content (AvgIpc) is 3.34. The predicted octanol–water partition coefficient (Wildman–Crippen LogP) is 4.43. The SMILES string of the molecule is CN=CC(=CN)c1cnc(N)c(C(=O)N[C@H]2CCC[C@@H]2COc2ccc(Oc3ccccc3)cc2)c1. The molecule has 5 N–H and O–H groups in total. The number of para-hydroxylation sites is 1. The standard InChI is InChI=1S/C28H31N5O3/c1-31-16-21(15-29)20-14-25(27(30)32-17-20)28(34)33-26-9-5-6-19(26)18-35-22-10-12-24(13-11-22)36-23-7-3-2-4-8-23/h2-4,7-8,10-17,19,26H,5-6,9,18,29H2,1H3,(H2,30,32)(H,33,34)/t19-,26+/m1/s1. The number of aromatic nitrogens is 1. The molecule has 1 aliphatic rings. The number of benzene rings is 2. The monoisotopic (exact) mass is 485 g/mol. The van der Waals surface area contributed by atoms with E-state index >= 15 is 0 Å². The molecular weight excluding hydrogens is 454 g/mol. The first kappa shape index (κ1) is 24.8. The van der Waals surface area contributed by atoms with Crippen molar-refractivity contribution in [2.24, 2.45) is 16.6 Å². The summed E-state index contributed by atoms with van der Waals surface area (Å²) in [6, 6.07) is 18.9. The van der Waals surface area contributed by atoms with Crippen molar-refractivity contribution in [3.05, 3.63) is 84.2 Å². The highest BCUT2D eigenvalue weighted by molar-refractivity contribution is 6.10. The van der Waals surface area contributed by atoms with Crippen LogP contribution in [-0.2, 0) is 0 Å². The maximum atomic E-state index is 13.1. The number of carbonyl (C=O) groups excluding carboxylic acids is 1. The van der Waals surface area contributed by atoms with Gasteiger partial charge in [-0.3, -0.25) is 9.79 Å². The van der Waals surface area contributed by atoms with Gasteiger partial charge in [0.25, 0.3) is 5.91 Å². The van der Waals surface area contributed by atoms with Crippen LogP contribution in [0.15, 0.2) is 78.1 Å². The Morgan fingerprint density at radius 1 is 1.11 bits per heavy atom. The highest BCUT2D eigenvalue weighted by Gasteiger charge is 2.30. The van der Waals surface area contributed by atoms with Gasteiger partial charge >= 0.3 is 0 Å². The Labute approximate surface area is 211 Å².